The Morgan fingerprint density at radius 2 is 1.88 bits per heavy atom. The Labute approximate surface area is 141 Å². The van der Waals surface area contributed by atoms with Crippen LogP contribution in [-0.2, 0) is 16.1 Å². The third-order valence-corrected chi connectivity index (χ3v) is 4.74. The van der Waals surface area contributed by atoms with Gasteiger partial charge in [0.1, 0.15) is 12.4 Å². The van der Waals surface area contributed by atoms with Gasteiger partial charge in [0.2, 0.25) is 0 Å². The molecule has 0 atom stereocenters. The maximum atomic E-state index is 12.5. The second-order valence-corrected chi connectivity index (χ2v) is 6.01. The highest BCUT2D eigenvalue weighted by Crippen LogP contribution is 2.42. The standard InChI is InChI=1S/C20H20N2O2/c1-3-22(4-2)14-10-9-13-12-24-19(16(13)11-14)18-15-7-5-6-8-17(15)21-20(18)23/h5-11H,3-4,12H2,1-2H3,(H,21,23)/b19-18+. The van der Waals surface area contributed by atoms with Crippen molar-refractivity contribution in [1.82, 2.24) is 0 Å². The Morgan fingerprint density at radius 1 is 1.08 bits per heavy atom. The number of amides is 1. The third-order valence-electron chi connectivity index (χ3n) is 4.74. The van der Waals surface area contributed by atoms with Gasteiger partial charge in [-0.2, -0.15) is 0 Å². The van der Waals surface area contributed by atoms with Gasteiger partial charge < -0.3 is 15.0 Å². The first kappa shape index (κ1) is 14.8. The molecular formula is C20H20N2O2. The molecule has 0 unspecified atom stereocenters. The summed E-state index contributed by atoms with van der Waals surface area (Å²) in [5, 5.41) is 2.93. The van der Waals surface area contributed by atoms with Gasteiger partial charge in [0.05, 0.1) is 5.57 Å². The molecule has 1 amide bonds. The number of hydrogen-bond acceptors (Lipinski definition) is 3. The van der Waals surface area contributed by atoms with Gasteiger partial charge in [0, 0.05) is 41.2 Å². The van der Waals surface area contributed by atoms with Crippen LogP contribution in [0, 0.1) is 0 Å². The Balaban J connectivity index is 1.87. The number of ether oxygens (including phenoxy) is 1. The smallest absolute Gasteiger partial charge is 0.260 e. The van der Waals surface area contributed by atoms with Crippen LogP contribution in [0.1, 0.15) is 30.5 Å². The highest BCUT2D eigenvalue weighted by molar-refractivity contribution is 6.36. The molecule has 2 aromatic carbocycles. The van der Waals surface area contributed by atoms with Crippen LogP contribution >= 0.6 is 0 Å². The van der Waals surface area contributed by atoms with E-state index in [-0.39, 0.29) is 5.91 Å². The maximum Gasteiger partial charge on any atom is 0.260 e. The monoisotopic (exact) mass is 320 g/mol. The first-order valence-electron chi connectivity index (χ1n) is 8.39. The van der Waals surface area contributed by atoms with Gasteiger partial charge in [-0.25, -0.2) is 0 Å². The topological polar surface area (TPSA) is 41.6 Å². The number of carbonyl (C=O) groups excluding carboxylic acids is 1. The van der Waals surface area contributed by atoms with Crippen LogP contribution in [-0.4, -0.2) is 19.0 Å². The van der Waals surface area contributed by atoms with Crippen molar-refractivity contribution in [2.45, 2.75) is 20.5 Å². The first-order chi connectivity index (χ1) is 11.7. The molecule has 0 fully saturated rings. The van der Waals surface area contributed by atoms with Gasteiger partial charge in [-0.05, 0) is 32.0 Å². The highest BCUT2D eigenvalue weighted by atomic mass is 16.5. The van der Waals surface area contributed by atoms with Crippen LogP contribution in [0.5, 0.6) is 0 Å². The van der Waals surface area contributed by atoms with Gasteiger partial charge in [0.25, 0.3) is 5.91 Å². The quantitative estimate of drug-likeness (QED) is 0.873. The van der Waals surface area contributed by atoms with E-state index in [0.29, 0.717) is 17.9 Å². The molecule has 4 rings (SSSR count). The van der Waals surface area contributed by atoms with Gasteiger partial charge in [-0.1, -0.05) is 24.3 Å². The van der Waals surface area contributed by atoms with Gasteiger partial charge in [-0.15, -0.1) is 0 Å². The summed E-state index contributed by atoms with van der Waals surface area (Å²) in [6, 6.07) is 14.1. The molecule has 0 spiro atoms. The van der Waals surface area contributed by atoms with E-state index < -0.39 is 0 Å². The fraction of sp³-hybridized carbons (Fsp3) is 0.250. The minimum atomic E-state index is -0.0905. The number of para-hydroxylation sites is 1. The van der Waals surface area contributed by atoms with E-state index in [0.717, 1.165) is 41.2 Å². The number of nitrogens with zero attached hydrogens (tertiary/aromatic N) is 1. The predicted octanol–water partition coefficient (Wildman–Crippen LogP) is 3.88. The first-order valence-corrected chi connectivity index (χ1v) is 8.39. The minimum absolute atomic E-state index is 0.0905. The zero-order chi connectivity index (χ0) is 16.7. The summed E-state index contributed by atoms with van der Waals surface area (Å²) >= 11 is 0. The molecule has 2 aromatic rings. The van der Waals surface area contributed by atoms with Crippen LogP contribution in [0.2, 0.25) is 0 Å². The molecule has 0 aliphatic carbocycles. The average Bonchev–Trinajstić information content (AvgIpc) is 3.15. The lowest BCUT2D eigenvalue weighted by molar-refractivity contribution is -0.110. The van der Waals surface area contributed by atoms with Crippen molar-refractivity contribution in [2.75, 3.05) is 23.3 Å². The van der Waals surface area contributed by atoms with Crippen LogP contribution in [0.25, 0.3) is 11.3 Å². The lowest BCUT2D eigenvalue weighted by atomic mass is 10.00. The fourth-order valence-corrected chi connectivity index (χ4v) is 3.46. The second-order valence-electron chi connectivity index (χ2n) is 6.01. The number of fused-ring (bicyclic) bond motifs is 2. The van der Waals surface area contributed by atoms with E-state index in [1.807, 2.05) is 24.3 Å². The van der Waals surface area contributed by atoms with Crippen LogP contribution in [0.15, 0.2) is 42.5 Å². The number of anilines is 2. The molecule has 0 saturated heterocycles. The summed E-state index contributed by atoms with van der Waals surface area (Å²) in [4.78, 5) is 14.8. The molecule has 2 aliphatic heterocycles. The van der Waals surface area contributed by atoms with Crippen molar-refractivity contribution in [2.24, 2.45) is 0 Å². The molecule has 0 bridgehead atoms. The van der Waals surface area contributed by atoms with E-state index in [1.165, 1.54) is 0 Å². The predicted molar refractivity (Wildman–Crippen MR) is 96.7 cm³/mol. The molecule has 0 radical (unpaired) electrons. The number of benzene rings is 2. The summed E-state index contributed by atoms with van der Waals surface area (Å²) in [6.45, 7) is 6.71. The summed E-state index contributed by atoms with van der Waals surface area (Å²) in [5.41, 5.74) is 5.72. The van der Waals surface area contributed by atoms with E-state index in [1.54, 1.807) is 0 Å². The van der Waals surface area contributed by atoms with Crippen molar-refractivity contribution >= 4 is 28.6 Å². The molecule has 0 aromatic heterocycles. The Hall–Kier alpha value is -2.75. The van der Waals surface area contributed by atoms with Crippen molar-refractivity contribution < 1.29 is 9.53 Å². The summed E-state index contributed by atoms with van der Waals surface area (Å²) in [6.07, 6.45) is 0. The van der Waals surface area contributed by atoms with E-state index in [9.17, 15) is 4.79 Å². The van der Waals surface area contributed by atoms with Crippen LogP contribution in [0.4, 0.5) is 11.4 Å². The van der Waals surface area contributed by atoms with E-state index in [2.05, 4.69) is 42.3 Å². The lowest BCUT2D eigenvalue weighted by Crippen LogP contribution is -2.21. The second kappa shape index (κ2) is 5.71. The SMILES string of the molecule is CCN(CC)c1ccc2c(c1)/C(=C1\C(=O)Nc3ccccc31)OC2. The van der Waals surface area contributed by atoms with E-state index in [4.69, 9.17) is 4.74 Å². The summed E-state index contributed by atoms with van der Waals surface area (Å²) in [5.74, 6) is 0.605. The van der Waals surface area contributed by atoms with Crippen molar-refractivity contribution in [3.05, 3.63) is 59.2 Å². The van der Waals surface area contributed by atoms with Gasteiger partial charge >= 0.3 is 0 Å². The Kier molecular flexibility index (Phi) is 3.53. The lowest BCUT2D eigenvalue weighted by Gasteiger charge is -2.21. The average molecular weight is 320 g/mol. The number of carbonyl (C=O) groups is 1. The molecule has 24 heavy (non-hydrogen) atoms. The zero-order valence-electron chi connectivity index (χ0n) is 13.9. The molecule has 0 saturated carbocycles. The summed E-state index contributed by atoms with van der Waals surface area (Å²) < 4.78 is 5.94. The largest absolute Gasteiger partial charge is 0.487 e. The molecular weight excluding hydrogens is 300 g/mol. The number of hydrogen-bond donors (Lipinski definition) is 1. The fourth-order valence-electron chi connectivity index (χ4n) is 3.46. The number of nitrogens with one attached hydrogen (secondary N) is 1. The molecule has 2 heterocycles. The van der Waals surface area contributed by atoms with Gasteiger partial charge in [0.15, 0.2) is 0 Å². The Morgan fingerprint density at radius 3 is 2.67 bits per heavy atom. The van der Waals surface area contributed by atoms with E-state index >= 15 is 0 Å². The van der Waals surface area contributed by atoms with Crippen molar-refractivity contribution in [3.63, 3.8) is 0 Å². The minimum Gasteiger partial charge on any atom is -0.487 e. The molecule has 2 aliphatic rings. The summed E-state index contributed by atoms with van der Waals surface area (Å²) in [7, 11) is 0. The molecule has 122 valence electrons. The third kappa shape index (κ3) is 2.18. The number of rotatable bonds is 3. The van der Waals surface area contributed by atoms with Crippen LogP contribution < -0.4 is 10.2 Å². The van der Waals surface area contributed by atoms with Gasteiger partial charge in [-0.3, -0.25) is 4.79 Å². The molecule has 1 N–H and O–H groups in total. The normalized spacial score (nSPS) is 18.0. The van der Waals surface area contributed by atoms with Crippen molar-refractivity contribution in [3.8, 4) is 0 Å². The molecule has 4 nitrogen and oxygen atoms in total. The zero-order valence-corrected chi connectivity index (χ0v) is 13.9. The van der Waals surface area contributed by atoms with Crippen LogP contribution in [0.3, 0.4) is 0 Å². The Bertz CT molecular complexity index is 850. The maximum absolute atomic E-state index is 12.5. The molecule has 4 heteroatoms. The highest BCUT2D eigenvalue weighted by Gasteiger charge is 2.32. The van der Waals surface area contributed by atoms with Crippen molar-refractivity contribution in [1.29, 1.82) is 0 Å².